The molecule has 0 saturated carbocycles. The first kappa shape index (κ1) is 2.58. The zero-order valence-electron chi connectivity index (χ0n) is 18.2. The number of hydrogen-bond acceptors (Lipinski definition) is 2. The molecule has 0 bridgehead atoms. The van der Waals surface area contributed by atoms with E-state index in [0.29, 0.717) is 0 Å². The molecule has 1 saturated heterocycles. The monoisotopic (exact) mass is 253 g/mol. The second-order valence-electron chi connectivity index (χ2n) is 2.07. The van der Waals surface area contributed by atoms with E-state index in [2.05, 4.69) is 25.7 Å². The predicted molar refractivity (Wildman–Crippen MR) is 54.7 cm³/mol. The van der Waals surface area contributed by atoms with Crippen LogP contribution in [0.4, 0.5) is 0 Å². The lowest BCUT2D eigenvalue weighted by molar-refractivity contribution is 0.0845. The van der Waals surface area contributed by atoms with Crippen LogP contribution in [0.2, 0.25) is 0 Å². The van der Waals surface area contributed by atoms with Crippen LogP contribution in [-0.4, -0.2) is 18.1 Å². The van der Waals surface area contributed by atoms with Gasteiger partial charge in [-0.25, -0.2) is 0 Å². The van der Waals surface area contributed by atoms with Crippen molar-refractivity contribution in [2.45, 2.75) is 18.6 Å². The molecule has 0 aromatic carbocycles. The molecule has 1 aliphatic rings. The van der Waals surface area contributed by atoms with Crippen molar-refractivity contribution >= 4 is 15.9 Å². The van der Waals surface area contributed by atoms with Crippen molar-refractivity contribution in [3.8, 4) is 0 Å². The molecule has 2 heterocycles. The number of aromatic nitrogens is 1. The van der Waals surface area contributed by atoms with Gasteiger partial charge in [0.25, 0.3) is 0 Å². The standard InChI is InChI=1S/C10H12BrNO/c11-9-1-4-12-10(7-9)8-2-5-13-6-3-8/h1,4,7-8H,2-3,5-6H2/i1D,2D2,3D2,4D,5D2,6D2,7D,8D. The van der Waals surface area contributed by atoms with E-state index in [9.17, 15) is 0 Å². The fourth-order valence-electron chi connectivity index (χ4n) is 0.743. The topological polar surface area (TPSA) is 22.1 Å². The lowest BCUT2D eigenvalue weighted by Gasteiger charge is -2.21. The molecule has 2 rings (SSSR count). The SMILES string of the molecule is [2H]c1nc(C2([2H])C([2H])([2H])C([2H])([2H])OC([2H])([2H])C2([2H])[2H])c([2H])c(Br)c1[2H]. The smallest absolute Gasteiger partial charge is 0.0840 e. The second-order valence-corrected chi connectivity index (χ2v) is 2.86. The van der Waals surface area contributed by atoms with E-state index in [0.717, 1.165) is 0 Å². The molecule has 1 fully saturated rings. The third kappa shape index (κ3) is 2.29. The molecule has 1 aromatic rings. The molecule has 0 amide bonds. The van der Waals surface area contributed by atoms with Gasteiger partial charge in [0.2, 0.25) is 0 Å². The molecular weight excluding hydrogens is 230 g/mol. The van der Waals surface area contributed by atoms with Crippen LogP contribution in [0.25, 0.3) is 0 Å². The molecule has 2 nitrogen and oxygen atoms in total. The highest BCUT2D eigenvalue weighted by Crippen LogP contribution is 2.26. The number of halogens is 1. The summed E-state index contributed by atoms with van der Waals surface area (Å²) in [5.41, 5.74) is -1.01. The summed E-state index contributed by atoms with van der Waals surface area (Å²) in [5, 5.41) is 0. The summed E-state index contributed by atoms with van der Waals surface area (Å²) in [6.45, 7) is -6.88. The van der Waals surface area contributed by atoms with Gasteiger partial charge in [0.05, 0.1) is 9.60 Å². The number of hydrogen-bond donors (Lipinski definition) is 0. The highest BCUT2D eigenvalue weighted by Gasteiger charge is 2.16. The molecule has 0 atom stereocenters. The first-order valence-electron chi connectivity index (χ1n) is 9.29. The second kappa shape index (κ2) is 4.20. The van der Waals surface area contributed by atoms with Crippen LogP contribution in [0.15, 0.2) is 22.7 Å². The predicted octanol–water partition coefficient (Wildman–Crippen LogP) is 2.74. The third-order valence-corrected chi connectivity index (χ3v) is 1.65. The molecule has 1 aromatic heterocycles. The highest BCUT2D eigenvalue weighted by atomic mass is 79.9. The molecule has 0 N–H and O–H groups in total. The molecular formula is C10H12BrNO. The molecule has 70 valence electrons. The van der Waals surface area contributed by atoms with Crippen LogP contribution < -0.4 is 0 Å². The molecule has 13 heavy (non-hydrogen) atoms. The van der Waals surface area contributed by atoms with Gasteiger partial charge in [-0.1, -0.05) is 15.9 Å². The van der Waals surface area contributed by atoms with Crippen molar-refractivity contribution in [2.24, 2.45) is 0 Å². The first-order chi connectivity index (χ1) is 11.0. The van der Waals surface area contributed by atoms with Crippen LogP contribution in [-0.2, 0) is 4.74 Å². The van der Waals surface area contributed by atoms with Crippen molar-refractivity contribution in [1.82, 2.24) is 4.98 Å². The fraction of sp³-hybridized carbons (Fsp3) is 0.500. The van der Waals surface area contributed by atoms with Crippen molar-refractivity contribution in [2.75, 3.05) is 13.1 Å². The Morgan fingerprint density at radius 2 is 2.46 bits per heavy atom. The van der Waals surface area contributed by atoms with Crippen molar-refractivity contribution in [3.05, 3.63) is 28.4 Å². The van der Waals surface area contributed by atoms with Crippen LogP contribution in [0.5, 0.6) is 0 Å². The van der Waals surface area contributed by atoms with Gasteiger partial charge in [0, 0.05) is 42.2 Å². The lowest BCUT2D eigenvalue weighted by atomic mass is 9.96. The Bertz CT molecular complexity index is 709. The maximum absolute atomic E-state index is 8.43. The Kier molecular flexibility index (Phi) is 0.835. The van der Waals surface area contributed by atoms with Crippen LogP contribution in [0, 0.1) is 0 Å². The molecule has 1 aliphatic heterocycles. The van der Waals surface area contributed by atoms with E-state index in [-0.39, 0.29) is 4.47 Å². The van der Waals surface area contributed by atoms with E-state index in [4.69, 9.17) is 16.4 Å². The molecule has 0 unspecified atom stereocenters. The summed E-state index contributed by atoms with van der Waals surface area (Å²) in [4.78, 5) is 3.46. The lowest BCUT2D eigenvalue weighted by Crippen LogP contribution is -2.14. The van der Waals surface area contributed by atoms with Gasteiger partial charge in [-0.05, 0) is 24.8 Å². The van der Waals surface area contributed by atoms with Gasteiger partial charge < -0.3 is 4.74 Å². The third-order valence-electron chi connectivity index (χ3n) is 1.25. The van der Waals surface area contributed by atoms with Crippen LogP contribution >= 0.6 is 15.9 Å². The van der Waals surface area contributed by atoms with Gasteiger partial charge in [-0.15, -0.1) is 0 Å². The van der Waals surface area contributed by atoms with Crippen LogP contribution in [0.3, 0.4) is 0 Å². The van der Waals surface area contributed by atoms with Gasteiger partial charge in [0.1, 0.15) is 0 Å². The molecule has 0 radical (unpaired) electrons. The van der Waals surface area contributed by atoms with Gasteiger partial charge in [-0.2, -0.15) is 0 Å². The summed E-state index contributed by atoms with van der Waals surface area (Å²) in [5.74, 6) is -3.39. The zero-order chi connectivity index (χ0) is 19.8. The van der Waals surface area contributed by atoms with Crippen molar-refractivity contribution in [3.63, 3.8) is 0 Å². The van der Waals surface area contributed by atoms with E-state index >= 15 is 0 Å². The van der Waals surface area contributed by atoms with E-state index in [1.54, 1.807) is 0 Å². The maximum atomic E-state index is 8.43. The average molecular weight is 254 g/mol. The van der Waals surface area contributed by atoms with Crippen molar-refractivity contribution < 1.29 is 21.2 Å². The molecule has 0 aliphatic carbocycles. The van der Waals surface area contributed by atoms with Gasteiger partial charge >= 0.3 is 0 Å². The maximum Gasteiger partial charge on any atom is 0.0840 e. The normalized spacial score (nSPS) is 50.2. The molecule has 0 spiro atoms. The Hall–Kier alpha value is -0.410. The summed E-state index contributed by atoms with van der Waals surface area (Å²) in [6.07, 6.45) is -7.79. The fourth-order valence-corrected chi connectivity index (χ4v) is 1.02. The minimum absolute atomic E-state index is 0.367. The Balaban J connectivity index is 2.97. The molecule has 3 heteroatoms. The number of pyridine rings is 1. The summed E-state index contributed by atoms with van der Waals surface area (Å²) >= 11 is 2.82. The summed E-state index contributed by atoms with van der Waals surface area (Å²) in [6, 6.07) is -1.37. The van der Waals surface area contributed by atoms with Gasteiger partial charge in [-0.3, -0.25) is 4.98 Å². The van der Waals surface area contributed by atoms with E-state index in [1.807, 2.05) is 0 Å². The van der Waals surface area contributed by atoms with E-state index < -0.39 is 55.7 Å². The summed E-state index contributed by atoms with van der Waals surface area (Å²) in [7, 11) is 0. The zero-order valence-corrected chi connectivity index (χ0v) is 7.82. The largest absolute Gasteiger partial charge is 0.381 e. The van der Waals surface area contributed by atoms with E-state index in [1.165, 1.54) is 0 Å². The number of ether oxygens (including phenoxy) is 1. The Morgan fingerprint density at radius 1 is 1.69 bits per heavy atom. The quantitative estimate of drug-likeness (QED) is 0.768. The summed E-state index contributed by atoms with van der Waals surface area (Å²) < 4.78 is 98.0. The Labute approximate surface area is 103 Å². The number of nitrogens with zero attached hydrogens (tertiary/aromatic N) is 1. The van der Waals surface area contributed by atoms with Gasteiger partial charge in [0.15, 0.2) is 0 Å². The number of rotatable bonds is 1. The average Bonchev–Trinajstić information content (AvgIpc) is 2.45. The first-order valence-corrected chi connectivity index (χ1v) is 4.09. The highest BCUT2D eigenvalue weighted by molar-refractivity contribution is 9.10. The minimum atomic E-state index is -3.49. The Morgan fingerprint density at radius 3 is 3.23 bits per heavy atom. The van der Waals surface area contributed by atoms with Crippen LogP contribution in [0.1, 0.15) is 40.8 Å². The van der Waals surface area contributed by atoms with Crippen molar-refractivity contribution in [1.29, 1.82) is 0 Å². The minimum Gasteiger partial charge on any atom is -0.381 e.